The van der Waals surface area contributed by atoms with Crippen LogP contribution in [0.1, 0.15) is 0 Å². The van der Waals surface area contributed by atoms with Crippen molar-refractivity contribution in [3.8, 4) is 0 Å². The summed E-state index contributed by atoms with van der Waals surface area (Å²) in [4.78, 5) is 2.35. The molecule has 0 saturated heterocycles. The summed E-state index contributed by atoms with van der Waals surface area (Å²) in [7, 11) is 0. The van der Waals surface area contributed by atoms with Gasteiger partial charge in [-0.2, -0.15) is 0 Å². The van der Waals surface area contributed by atoms with Gasteiger partial charge >= 0.3 is 113 Å². The third kappa shape index (κ3) is 9.31. The number of hydrogen-bond donors (Lipinski definition) is 0. The largest absolute Gasteiger partial charge is 1.00 e. The van der Waals surface area contributed by atoms with Crippen LogP contribution >= 0.6 is 0 Å². The Balaban J connectivity index is -0.0000000600. The van der Waals surface area contributed by atoms with Crippen LogP contribution in [0, 0.1) is 0 Å². The van der Waals surface area contributed by atoms with Gasteiger partial charge in [0.2, 0.25) is 0 Å². The van der Waals surface area contributed by atoms with Gasteiger partial charge in [-0.15, -0.1) is 0 Å². The average molecular weight is 306 g/mol. The molecule has 1 aromatic rings. The zero-order valence-electron chi connectivity index (χ0n) is 11.4. The summed E-state index contributed by atoms with van der Waals surface area (Å²) in [5.74, 6) is 0. The SMILES string of the molecule is [Li+].[Li+].[Li+].[Li+].[Li+].[Li+].[S-]c1c([S-])c([S-])c([S-])c([S-])c1[S-]. The van der Waals surface area contributed by atoms with Gasteiger partial charge in [0.05, 0.1) is 0 Å². The van der Waals surface area contributed by atoms with Crippen molar-refractivity contribution in [1.82, 2.24) is 0 Å². The number of rotatable bonds is 0. The van der Waals surface area contributed by atoms with Gasteiger partial charge in [0, 0.05) is 0 Å². The smallest absolute Gasteiger partial charge is 0.783 e. The van der Waals surface area contributed by atoms with E-state index in [9.17, 15) is 0 Å². The zero-order valence-corrected chi connectivity index (χ0v) is 16.3. The fourth-order valence-electron chi connectivity index (χ4n) is 0.619. The Kier molecular flexibility index (Phi) is 36.9. The fraction of sp³-hybridized carbons (Fsp3) is 0. The number of hydrogen-bond acceptors (Lipinski definition) is 6. The predicted octanol–water partition coefficient (Wildman–Crippen LogP) is -16.9. The van der Waals surface area contributed by atoms with Gasteiger partial charge in [-0.05, 0) is 0 Å². The molecule has 12 heteroatoms. The van der Waals surface area contributed by atoms with Crippen molar-refractivity contribution in [1.29, 1.82) is 0 Å². The first kappa shape index (κ1) is 38.0. The molecule has 18 heavy (non-hydrogen) atoms. The van der Waals surface area contributed by atoms with E-state index in [1.54, 1.807) is 0 Å². The van der Waals surface area contributed by atoms with Crippen LogP contribution < -0.4 is 113 Å². The molecule has 0 bridgehead atoms. The quantitative estimate of drug-likeness (QED) is 0.342. The Labute approximate surface area is 214 Å². The Morgan fingerprint density at radius 1 is 0.278 bits per heavy atom. The first-order valence-corrected chi connectivity index (χ1v) is 5.17. The molecule has 0 heterocycles. The van der Waals surface area contributed by atoms with Crippen LogP contribution in [0.5, 0.6) is 0 Å². The van der Waals surface area contributed by atoms with Gasteiger partial charge in [-0.1, -0.05) is 0 Å². The van der Waals surface area contributed by atoms with E-state index < -0.39 is 0 Å². The Morgan fingerprint density at radius 2 is 0.333 bits per heavy atom. The van der Waals surface area contributed by atoms with Gasteiger partial charge in [-0.3, -0.25) is 0 Å². The molecule has 0 nitrogen and oxygen atoms in total. The maximum absolute atomic E-state index is 4.94. The molecule has 0 aliphatic heterocycles. The van der Waals surface area contributed by atoms with Gasteiger partial charge in [0.1, 0.15) is 0 Å². The molecule has 0 amide bonds. The maximum atomic E-state index is 4.94. The summed E-state index contributed by atoms with van der Waals surface area (Å²) in [5.41, 5.74) is 0. The van der Waals surface area contributed by atoms with E-state index in [-0.39, 0.29) is 113 Å². The van der Waals surface area contributed by atoms with Crippen molar-refractivity contribution in [3.63, 3.8) is 0 Å². The van der Waals surface area contributed by atoms with E-state index >= 15 is 0 Å². The standard InChI is InChI=1S/C6H6S6.6Li/c7-1-2(8)4(10)6(12)5(11)3(1)9;;;;;;/h7-12H;;;;;;/q;6*+1/p-6. The summed E-state index contributed by atoms with van der Waals surface area (Å²) in [6, 6.07) is 0. The minimum absolute atomic E-state index is 0. The van der Waals surface area contributed by atoms with Crippen molar-refractivity contribution in [3.05, 3.63) is 0 Å². The molecule has 0 spiro atoms. The second-order valence-electron chi connectivity index (χ2n) is 1.97. The Bertz CT molecular complexity index is 243. The van der Waals surface area contributed by atoms with E-state index in [0.29, 0.717) is 29.4 Å². The summed E-state index contributed by atoms with van der Waals surface area (Å²) < 4.78 is 0. The molecule has 0 N–H and O–H groups in total. The topological polar surface area (TPSA) is 0 Å². The van der Waals surface area contributed by atoms with Crippen LogP contribution in [-0.4, -0.2) is 0 Å². The maximum Gasteiger partial charge on any atom is 1.00 e. The fourth-order valence-corrected chi connectivity index (χ4v) is 2.23. The third-order valence-electron chi connectivity index (χ3n) is 1.24. The molecular weight excluding hydrogens is 306 g/mol. The molecule has 0 radical (unpaired) electrons. The molecule has 0 aromatic heterocycles. The van der Waals surface area contributed by atoms with Crippen LogP contribution in [0.15, 0.2) is 29.4 Å². The molecule has 1 aromatic carbocycles. The van der Waals surface area contributed by atoms with Crippen molar-refractivity contribution in [2.24, 2.45) is 0 Å². The van der Waals surface area contributed by atoms with Crippen LogP contribution in [0.4, 0.5) is 0 Å². The van der Waals surface area contributed by atoms with Crippen molar-refractivity contribution >= 4 is 75.8 Å². The minimum Gasteiger partial charge on any atom is -0.783 e. The molecule has 0 saturated carbocycles. The van der Waals surface area contributed by atoms with E-state index in [4.69, 9.17) is 75.8 Å². The van der Waals surface area contributed by atoms with Gasteiger partial charge in [0.25, 0.3) is 0 Å². The number of benzene rings is 1. The molecule has 0 unspecified atom stereocenters. The summed E-state index contributed by atoms with van der Waals surface area (Å²) in [5, 5.41) is 0. The Morgan fingerprint density at radius 3 is 0.389 bits per heavy atom. The second kappa shape index (κ2) is 17.5. The molecular formula is C6Li6S6. The summed E-state index contributed by atoms with van der Waals surface area (Å²) in [6.45, 7) is 0. The van der Waals surface area contributed by atoms with Crippen molar-refractivity contribution < 1.29 is 113 Å². The summed E-state index contributed by atoms with van der Waals surface area (Å²) >= 11 is 29.6. The first-order chi connectivity index (χ1) is 5.46. The van der Waals surface area contributed by atoms with Crippen LogP contribution in [0.2, 0.25) is 0 Å². The predicted molar refractivity (Wildman–Crippen MR) is 60.2 cm³/mol. The molecule has 1 rings (SSSR count). The molecule has 66 valence electrons. The van der Waals surface area contributed by atoms with Crippen LogP contribution in [0.25, 0.3) is 0 Å². The van der Waals surface area contributed by atoms with E-state index in [1.807, 2.05) is 0 Å². The van der Waals surface area contributed by atoms with Gasteiger partial charge in [0.15, 0.2) is 0 Å². The second-order valence-corrected chi connectivity index (χ2v) is 4.42. The monoisotopic (exact) mass is 306 g/mol. The van der Waals surface area contributed by atoms with Crippen LogP contribution in [0.3, 0.4) is 0 Å². The normalized spacial score (nSPS) is 6.67. The molecule has 0 atom stereocenters. The zero-order chi connectivity index (χ0) is 9.46. The van der Waals surface area contributed by atoms with E-state index in [1.165, 1.54) is 0 Å². The minimum atomic E-state index is 0. The summed E-state index contributed by atoms with van der Waals surface area (Å²) in [6.07, 6.45) is 0. The van der Waals surface area contributed by atoms with E-state index in [0.717, 1.165) is 0 Å². The van der Waals surface area contributed by atoms with Crippen LogP contribution in [-0.2, 0) is 75.8 Å². The molecule has 0 aliphatic rings. The molecule has 0 fully saturated rings. The molecule has 0 aliphatic carbocycles. The van der Waals surface area contributed by atoms with Gasteiger partial charge in [-0.25, -0.2) is 29.4 Å². The average Bonchev–Trinajstić information content (AvgIpc) is 2.08. The first-order valence-electron chi connectivity index (χ1n) is 2.72. The third-order valence-corrected chi connectivity index (χ3v) is 4.46. The van der Waals surface area contributed by atoms with E-state index in [2.05, 4.69) is 0 Å². The van der Waals surface area contributed by atoms with Crippen molar-refractivity contribution in [2.75, 3.05) is 0 Å². The van der Waals surface area contributed by atoms with Gasteiger partial charge < -0.3 is 75.8 Å². The van der Waals surface area contributed by atoms with Crippen molar-refractivity contribution in [2.45, 2.75) is 29.4 Å². The Hall–Kier alpha value is 4.12.